The molecule has 1 amide bonds. The van der Waals surface area contributed by atoms with E-state index in [9.17, 15) is 34.2 Å². The molecule has 0 saturated heterocycles. The SMILES string of the molecule is CN(C)[C@@H]1C(=O)C(C(N)=O)C(=O)[C@@]2(O)C(=O)C3C(=O)c4c(O)ccc(CC[Si](C)(C)C)c4CC3CC12. The number of carbonyl (C=O) groups is 5. The van der Waals surface area contributed by atoms with E-state index in [1.54, 1.807) is 14.1 Å². The highest BCUT2D eigenvalue weighted by atomic mass is 28.3. The number of nitrogens with zero attached hydrogens (tertiary/aromatic N) is 1. The van der Waals surface area contributed by atoms with E-state index in [4.69, 9.17) is 5.73 Å². The first-order valence-electron chi connectivity index (χ1n) is 12.3. The number of likely N-dealkylation sites (N-methyl/N-ethyl adjacent to an activating group) is 1. The summed E-state index contributed by atoms with van der Waals surface area (Å²) in [6.07, 6.45) is 1.11. The normalized spacial score (nSPS) is 32.2. The van der Waals surface area contributed by atoms with Gasteiger partial charge in [0.05, 0.1) is 17.5 Å². The number of aryl methyl sites for hydroxylation is 1. The van der Waals surface area contributed by atoms with Crippen LogP contribution in [-0.4, -0.2) is 78.0 Å². The number of nitrogens with two attached hydrogens (primary N) is 1. The summed E-state index contributed by atoms with van der Waals surface area (Å²) in [4.78, 5) is 67.4. The van der Waals surface area contributed by atoms with Gasteiger partial charge in [-0.05, 0) is 56.5 Å². The molecule has 194 valence electrons. The Balaban J connectivity index is 1.82. The summed E-state index contributed by atoms with van der Waals surface area (Å²) in [5.74, 6) is -10.1. The molecule has 0 radical (unpaired) electrons. The first-order chi connectivity index (χ1) is 16.6. The van der Waals surface area contributed by atoms with Crippen molar-refractivity contribution in [1.29, 1.82) is 0 Å². The van der Waals surface area contributed by atoms with Crippen molar-refractivity contribution in [3.05, 3.63) is 28.8 Å². The minimum Gasteiger partial charge on any atom is -0.507 e. The van der Waals surface area contributed by atoms with Gasteiger partial charge in [0, 0.05) is 14.0 Å². The average Bonchev–Trinajstić information content (AvgIpc) is 2.74. The van der Waals surface area contributed by atoms with Gasteiger partial charge in [-0.1, -0.05) is 31.8 Å². The maximum atomic E-state index is 13.8. The summed E-state index contributed by atoms with van der Waals surface area (Å²) >= 11 is 0. The molecule has 4 N–H and O–H groups in total. The van der Waals surface area contributed by atoms with E-state index in [1.807, 2.05) is 6.07 Å². The third-order valence-corrected chi connectivity index (χ3v) is 9.94. The fourth-order valence-electron chi connectivity index (χ4n) is 6.41. The number of hydrogen-bond acceptors (Lipinski definition) is 8. The maximum Gasteiger partial charge on any atom is 0.235 e. The molecular weight excluding hydrogens is 480 g/mol. The van der Waals surface area contributed by atoms with Crippen molar-refractivity contribution < 1.29 is 34.2 Å². The number of aliphatic hydroxyl groups is 1. The summed E-state index contributed by atoms with van der Waals surface area (Å²) in [6.45, 7) is 6.75. The Morgan fingerprint density at radius 1 is 1.14 bits per heavy atom. The van der Waals surface area contributed by atoms with Gasteiger partial charge in [0.2, 0.25) is 5.91 Å². The number of carbonyl (C=O) groups excluding carboxylic acids is 5. The van der Waals surface area contributed by atoms with E-state index in [1.165, 1.54) is 11.0 Å². The molecule has 0 aliphatic heterocycles. The largest absolute Gasteiger partial charge is 0.507 e. The highest BCUT2D eigenvalue weighted by Crippen LogP contribution is 2.51. The molecule has 0 heterocycles. The van der Waals surface area contributed by atoms with E-state index in [0.29, 0.717) is 12.0 Å². The lowest BCUT2D eigenvalue weighted by atomic mass is 9.52. The number of fused-ring (bicyclic) bond motifs is 3. The van der Waals surface area contributed by atoms with Gasteiger partial charge in [-0.15, -0.1) is 0 Å². The lowest BCUT2D eigenvalue weighted by Gasteiger charge is -2.52. The van der Waals surface area contributed by atoms with Crippen LogP contribution in [0.5, 0.6) is 5.75 Å². The molecule has 9 nitrogen and oxygen atoms in total. The van der Waals surface area contributed by atoms with E-state index >= 15 is 0 Å². The molecule has 3 aliphatic carbocycles. The minimum absolute atomic E-state index is 0.0625. The maximum absolute atomic E-state index is 13.8. The zero-order chi connectivity index (χ0) is 26.9. The van der Waals surface area contributed by atoms with Crippen LogP contribution in [-0.2, 0) is 32.0 Å². The van der Waals surface area contributed by atoms with Crippen LogP contribution in [0.15, 0.2) is 12.1 Å². The van der Waals surface area contributed by atoms with Crippen molar-refractivity contribution in [2.45, 2.75) is 56.6 Å². The van der Waals surface area contributed by atoms with Crippen molar-refractivity contribution in [2.75, 3.05) is 14.1 Å². The number of rotatable bonds is 5. The number of phenolic OH excluding ortho intramolecular Hbond substituents is 1. The van der Waals surface area contributed by atoms with Gasteiger partial charge in [0.15, 0.2) is 34.7 Å². The smallest absolute Gasteiger partial charge is 0.235 e. The number of Topliss-reactive ketones (excluding diaryl/α,β-unsaturated/α-hetero) is 4. The van der Waals surface area contributed by atoms with E-state index < -0.39 is 72.4 Å². The molecule has 36 heavy (non-hydrogen) atoms. The molecule has 10 heteroatoms. The summed E-state index contributed by atoms with van der Waals surface area (Å²) in [5, 5.41) is 22.2. The molecule has 4 unspecified atom stereocenters. The predicted octanol–water partition coefficient (Wildman–Crippen LogP) is 0.748. The third kappa shape index (κ3) is 3.86. The molecule has 1 aromatic rings. The Labute approximate surface area is 211 Å². The standard InChI is InChI=1S/C26H34N2O7Si/c1-28(2)20-15-11-13-10-14-12(8-9-36(3,4)5)6-7-16(29)18(14)21(30)17(13)23(32)26(15,35)24(33)19(22(20)31)25(27)34/h6-7,13,15,17,19-20,29,35H,8-11H2,1-5H3,(H2,27,34)/t13?,15?,17?,19?,20-,26-/m0/s1. The molecule has 4 rings (SSSR count). The van der Waals surface area contributed by atoms with Crippen LogP contribution in [0.3, 0.4) is 0 Å². The Kier molecular flexibility index (Phi) is 6.38. The first-order valence-corrected chi connectivity index (χ1v) is 16.0. The number of ketones is 4. The molecule has 0 spiro atoms. The van der Waals surface area contributed by atoms with Crippen molar-refractivity contribution in [2.24, 2.45) is 29.4 Å². The van der Waals surface area contributed by atoms with Gasteiger partial charge in [0.25, 0.3) is 0 Å². The van der Waals surface area contributed by atoms with E-state index in [0.717, 1.165) is 18.0 Å². The Hall–Kier alpha value is -2.69. The van der Waals surface area contributed by atoms with Crippen LogP contribution >= 0.6 is 0 Å². The third-order valence-electron chi connectivity index (χ3n) is 8.19. The predicted molar refractivity (Wildman–Crippen MR) is 133 cm³/mol. The molecular formula is C26H34N2O7Si. The second-order valence-corrected chi connectivity index (χ2v) is 17.6. The summed E-state index contributed by atoms with van der Waals surface area (Å²) in [5.41, 5.74) is 4.35. The molecule has 1 aromatic carbocycles. The quantitative estimate of drug-likeness (QED) is 0.384. The van der Waals surface area contributed by atoms with Crippen LogP contribution in [0.25, 0.3) is 0 Å². The Bertz CT molecular complexity index is 1190. The number of hydrogen-bond donors (Lipinski definition) is 3. The van der Waals surface area contributed by atoms with E-state index in [2.05, 4.69) is 19.6 Å². The van der Waals surface area contributed by atoms with E-state index in [-0.39, 0.29) is 17.7 Å². The van der Waals surface area contributed by atoms with Gasteiger partial charge in [-0.3, -0.25) is 28.9 Å². The average molecular weight is 515 g/mol. The Morgan fingerprint density at radius 2 is 1.78 bits per heavy atom. The number of amides is 1. The highest BCUT2D eigenvalue weighted by molar-refractivity contribution is 6.76. The van der Waals surface area contributed by atoms with Crippen molar-refractivity contribution >= 4 is 37.1 Å². The van der Waals surface area contributed by atoms with Crippen LogP contribution < -0.4 is 5.73 Å². The lowest BCUT2D eigenvalue weighted by Crippen LogP contribution is -2.74. The van der Waals surface area contributed by atoms with Gasteiger partial charge in [0.1, 0.15) is 5.75 Å². The zero-order valence-corrected chi connectivity index (χ0v) is 22.3. The van der Waals surface area contributed by atoms with Gasteiger partial charge in [-0.25, -0.2) is 0 Å². The summed E-state index contributed by atoms with van der Waals surface area (Å²) < 4.78 is 0. The zero-order valence-electron chi connectivity index (χ0n) is 21.3. The highest BCUT2D eigenvalue weighted by Gasteiger charge is 2.69. The number of aromatic hydroxyl groups is 1. The van der Waals surface area contributed by atoms with Crippen LogP contribution in [0, 0.1) is 23.7 Å². The summed E-state index contributed by atoms with van der Waals surface area (Å²) in [6, 6.07) is 3.16. The number of phenols is 1. The second-order valence-electron chi connectivity index (χ2n) is 11.9. The fourth-order valence-corrected chi connectivity index (χ4v) is 7.43. The Morgan fingerprint density at radius 3 is 2.33 bits per heavy atom. The molecule has 2 fully saturated rings. The van der Waals surface area contributed by atoms with Crippen molar-refractivity contribution in [3.63, 3.8) is 0 Å². The van der Waals surface area contributed by atoms with Gasteiger partial charge in [-0.2, -0.15) is 0 Å². The summed E-state index contributed by atoms with van der Waals surface area (Å²) in [7, 11) is 1.74. The second kappa shape index (κ2) is 8.71. The van der Waals surface area contributed by atoms with Crippen molar-refractivity contribution in [3.8, 4) is 5.75 Å². The molecule has 6 atom stereocenters. The number of primary amides is 1. The molecule has 2 saturated carbocycles. The molecule has 0 bridgehead atoms. The molecule has 3 aliphatic rings. The minimum atomic E-state index is -2.69. The van der Waals surface area contributed by atoms with Gasteiger partial charge < -0.3 is 15.9 Å². The lowest BCUT2D eigenvalue weighted by molar-refractivity contribution is -0.181. The van der Waals surface area contributed by atoms with Gasteiger partial charge >= 0.3 is 0 Å². The van der Waals surface area contributed by atoms with Crippen molar-refractivity contribution in [1.82, 2.24) is 4.90 Å². The topological polar surface area (TPSA) is 155 Å². The fraction of sp³-hybridized carbons (Fsp3) is 0.577. The van der Waals surface area contributed by atoms with Crippen LogP contribution in [0.2, 0.25) is 25.7 Å². The first kappa shape index (κ1) is 26.4. The van der Waals surface area contributed by atoms with Crippen LogP contribution in [0.1, 0.15) is 27.9 Å². The monoisotopic (exact) mass is 514 g/mol. The number of benzene rings is 1. The van der Waals surface area contributed by atoms with Crippen LogP contribution in [0.4, 0.5) is 0 Å². The molecule has 0 aromatic heterocycles.